The van der Waals surface area contributed by atoms with Gasteiger partial charge in [0, 0.05) is 7.11 Å². The molecule has 0 saturated carbocycles. The van der Waals surface area contributed by atoms with E-state index < -0.39 is 6.16 Å². The minimum absolute atomic E-state index is 0.225. The minimum Gasteiger partial charge on any atom is -0.432 e. The van der Waals surface area contributed by atoms with E-state index in [0.29, 0.717) is 6.61 Å². The van der Waals surface area contributed by atoms with Gasteiger partial charge >= 0.3 is 6.16 Å². The molecule has 0 unspecified atom stereocenters. The summed E-state index contributed by atoms with van der Waals surface area (Å²) in [4.78, 5) is 10.4. The molecule has 0 atom stereocenters. The summed E-state index contributed by atoms with van der Waals surface area (Å²) in [6.45, 7) is 3.47. The number of carbonyl (C=O) groups is 1. The monoisotopic (exact) mass is 147 g/mol. The van der Waals surface area contributed by atoms with Crippen molar-refractivity contribution in [3.63, 3.8) is 0 Å². The highest BCUT2D eigenvalue weighted by Gasteiger charge is 1.99. The topological polar surface area (TPSA) is 44.8 Å². The van der Waals surface area contributed by atoms with Crippen molar-refractivity contribution in [2.24, 2.45) is 0 Å². The Kier molecular flexibility index (Phi) is 5.86. The normalized spacial score (nSPS) is 9.00. The van der Waals surface area contributed by atoms with E-state index in [1.54, 1.807) is 6.92 Å². The van der Waals surface area contributed by atoms with Crippen LogP contribution < -0.4 is 0 Å². The Balaban J connectivity index is 3.05. The third kappa shape index (κ3) is 5.37. The van der Waals surface area contributed by atoms with Gasteiger partial charge < -0.3 is 14.2 Å². The molecule has 0 amide bonds. The molecule has 0 fully saturated rings. The van der Waals surface area contributed by atoms with Gasteiger partial charge in [0.25, 0.3) is 0 Å². The summed E-state index contributed by atoms with van der Waals surface area (Å²) in [6.07, 6.45) is -0.695. The van der Waals surface area contributed by atoms with E-state index in [-0.39, 0.29) is 6.61 Å². The molecule has 4 heteroatoms. The van der Waals surface area contributed by atoms with Gasteiger partial charge in [-0.05, 0) is 6.92 Å². The summed E-state index contributed by atoms with van der Waals surface area (Å²) in [5, 5.41) is 0. The first-order chi connectivity index (χ1) is 4.81. The first kappa shape index (κ1) is 9.23. The van der Waals surface area contributed by atoms with Gasteiger partial charge in [0.05, 0.1) is 6.61 Å². The summed E-state index contributed by atoms with van der Waals surface area (Å²) in [5.41, 5.74) is 0. The van der Waals surface area contributed by atoms with Gasteiger partial charge in [-0.1, -0.05) is 0 Å². The zero-order chi connectivity index (χ0) is 7.82. The lowest BCUT2D eigenvalue weighted by Gasteiger charge is -2.01. The van der Waals surface area contributed by atoms with Crippen LogP contribution in [0.25, 0.3) is 0 Å². The maximum absolute atomic E-state index is 10.4. The second-order valence-corrected chi connectivity index (χ2v) is 1.44. The standard InChI is InChI=1S/C6H11O4/c1-3-9-6(7)10-5-4-8-2/h3H,4-5H2,1-2H3. The number of rotatable bonds is 4. The molecule has 0 aliphatic carbocycles. The number of hydrogen-bond donors (Lipinski definition) is 0. The van der Waals surface area contributed by atoms with E-state index in [9.17, 15) is 4.79 Å². The van der Waals surface area contributed by atoms with Crippen molar-refractivity contribution in [2.45, 2.75) is 6.92 Å². The van der Waals surface area contributed by atoms with Gasteiger partial charge in [0.2, 0.25) is 0 Å². The second kappa shape index (κ2) is 6.35. The Bertz CT molecular complexity index is 91.7. The van der Waals surface area contributed by atoms with Crippen LogP contribution in [0.1, 0.15) is 6.92 Å². The Labute approximate surface area is 60.1 Å². The van der Waals surface area contributed by atoms with Crippen molar-refractivity contribution in [2.75, 3.05) is 20.3 Å². The first-order valence-corrected chi connectivity index (χ1v) is 2.91. The van der Waals surface area contributed by atoms with Crippen LogP contribution >= 0.6 is 0 Å². The van der Waals surface area contributed by atoms with Crippen molar-refractivity contribution >= 4 is 6.16 Å². The Morgan fingerprint density at radius 1 is 1.50 bits per heavy atom. The second-order valence-electron chi connectivity index (χ2n) is 1.44. The third-order valence-corrected chi connectivity index (χ3v) is 0.721. The summed E-state index contributed by atoms with van der Waals surface area (Å²) in [5.74, 6) is 0. The highest BCUT2D eigenvalue weighted by Crippen LogP contribution is 1.86. The van der Waals surface area contributed by atoms with Crippen LogP contribution in [0.5, 0.6) is 0 Å². The summed E-state index contributed by atoms with van der Waals surface area (Å²) in [7, 11) is 1.53. The molecule has 1 radical (unpaired) electrons. The Morgan fingerprint density at radius 2 is 2.20 bits per heavy atom. The van der Waals surface area contributed by atoms with Crippen LogP contribution in [0.3, 0.4) is 0 Å². The average molecular weight is 147 g/mol. The zero-order valence-corrected chi connectivity index (χ0v) is 6.12. The van der Waals surface area contributed by atoms with Crippen LogP contribution in [-0.4, -0.2) is 26.5 Å². The first-order valence-electron chi connectivity index (χ1n) is 2.91. The maximum Gasteiger partial charge on any atom is 0.508 e. The van der Waals surface area contributed by atoms with Crippen LogP contribution in [0.15, 0.2) is 0 Å². The summed E-state index contributed by atoms with van der Waals surface area (Å²) < 4.78 is 13.5. The van der Waals surface area contributed by atoms with Crippen molar-refractivity contribution in [3.05, 3.63) is 6.61 Å². The highest BCUT2D eigenvalue weighted by molar-refractivity contribution is 5.60. The quantitative estimate of drug-likeness (QED) is 0.439. The molecule has 0 aromatic carbocycles. The van der Waals surface area contributed by atoms with Crippen LogP contribution in [-0.2, 0) is 14.2 Å². The third-order valence-electron chi connectivity index (χ3n) is 0.721. The van der Waals surface area contributed by atoms with Crippen LogP contribution in [0, 0.1) is 6.61 Å². The molecule has 0 heterocycles. The number of ether oxygens (including phenoxy) is 3. The molecule has 0 aliphatic rings. The Hall–Kier alpha value is -0.770. The van der Waals surface area contributed by atoms with E-state index >= 15 is 0 Å². The molecular weight excluding hydrogens is 136 g/mol. The molecule has 4 nitrogen and oxygen atoms in total. The van der Waals surface area contributed by atoms with E-state index in [1.165, 1.54) is 13.7 Å². The number of methoxy groups -OCH3 is 1. The van der Waals surface area contributed by atoms with Gasteiger partial charge in [0.1, 0.15) is 13.2 Å². The van der Waals surface area contributed by atoms with E-state index in [1.807, 2.05) is 0 Å². The van der Waals surface area contributed by atoms with Gasteiger partial charge in [-0.3, -0.25) is 0 Å². The van der Waals surface area contributed by atoms with Crippen LogP contribution in [0.4, 0.5) is 4.79 Å². The molecule has 0 saturated heterocycles. The summed E-state index contributed by atoms with van der Waals surface area (Å²) >= 11 is 0. The molecule has 0 aromatic rings. The minimum atomic E-state index is -0.695. The summed E-state index contributed by atoms with van der Waals surface area (Å²) in [6, 6.07) is 0. The van der Waals surface area contributed by atoms with E-state index in [4.69, 9.17) is 0 Å². The SMILES string of the molecule is C[CH]OC(=O)OCCOC. The fourth-order valence-corrected chi connectivity index (χ4v) is 0.339. The molecular formula is C6H11O4. The molecule has 0 bridgehead atoms. The molecule has 10 heavy (non-hydrogen) atoms. The predicted molar refractivity (Wildman–Crippen MR) is 34.3 cm³/mol. The average Bonchev–Trinajstić information content (AvgIpc) is 1.89. The molecule has 0 spiro atoms. The van der Waals surface area contributed by atoms with Gasteiger partial charge in [-0.15, -0.1) is 0 Å². The van der Waals surface area contributed by atoms with Crippen molar-refractivity contribution in [3.8, 4) is 0 Å². The molecule has 0 N–H and O–H groups in total. The predicted octanol–water partition coefficient (Wildman–Crippen LogP) is 0.968. The molecule has 59 valence electrons. The number of hydrogen-bond acceptors (Lipinski definition) is 4. The van der Waals surface area contributed by atoms with Gasteiger partial charge in [0.15, 0.2) is 0 Å². The molecule has 0 aromatic heterocycles. The lowest BCUT2D eigenvalue weighted by molar-refractivity contribution is 0.0513. The largest absolute Gasteiger partial charge is 0.508 e. The van der Waals surface area contributed by atoms with Crippen molar-refractivity contribution in [1.29, 1.82) is 0 Å². The van der Waals surface area contributed by atoms with Crippen LogP contribution in [0.2, 0.25) is 0 Å². The van der Waals surface area contributed by atoms with Gasteiger partial charge in [-0.2, -0.15) is 0 Å². The zero-order valence-electron chi connectivity index (χ0n) is 6.12. The van der Waals surface area contributed by atoms with E-state index in [0.717, 1.165) is 0 Å². The fourth-order valence-electron chi connectivity index (χ4n) is 0.339. The Morgan fingerprint density at radius 3 is 2.70 bits per heavy atom. The lowest BCUT2D eigenvalue weighted by atomic mass is 10.8. The lowest BCUT2D eigenvalue weighted by Crippen LogP contribution is -2.09. The molecule has 0 rings (SSSR count). The highest BCUT2D eigenvalue weighted by atomic mass is 16.7. The number of carbonyl (C=O) groups excluding carboxylic acids is 1. The van der Waals surface area contributed by atoms with Gasteiger partial charge in [-0.25, -0.2) is 4.79 Å². The molecule has 0 aliphatic heterocycles. The smallest absolute Gasteiger partial charge is 0.432 e. The van der Waals surface area contributed by atoms with Crippen molar-refractivity contribution in [1.82, 2.24) is 0 Å². The fraction of sp³-hybridized carbons (Fsp3) is 0.667. The van der Waals surface area contributed by atoms with E-state index in [2.05, 4.69) is 14.2 Å². The van der Waals surface area contributed by atoms with Crippen molar-refractivity contribution < 1.29 is 19.0 Å². The maximum atomic E-state index is 10.4.